The molecule has 3 aromatic rings. The van der Waals surface area contributed by atoms with Gasteiger partial charge >= 0.3 is 6.18 Å². The molecule has 0 bridgehead atoms. The van der Waals surface area contributed by atoms with Gasteiger partial charge in [-0.15, -0.1) is 0 Å². The number of pyridine rings is 2. The van der Waals surface area contributed by atoms with E-state index in [0.717, 1.165) is 31.3 Å². The summed E-state index contributed by atoms with van der Waals surface area (Å²) in [5, 5.41) is -0.315. The monoisotopic (exact) mass is 567 g/mol. The predicted octanol–water partition coefficient (Wildman–Crippen LogP) is 5.03. The molecule has 0 amide bonds. The predicted molar refractivity (Wildman–Crippen MR) is 140 cm³/mol. The molecule has 0 aliphatic carbocycles. The second-order valence-corrected chi connectivity index (χ2v) is 11.6. The normalized spacial score (nSPS) is 15.3. The molecule has 1 fully saturated rings. The molecule has 1 aliphatic rings. The molecule has 39 heavy (non-hydrogen) atoms. The molecule has 2 aromatic heterocycles. The Kier molecular flexibility index (Phi) is 7.77. The quantitative estimate of drug-likeness (QED) is 0.418. The molecule has 8 nitrogen and oxygen atoms in total. The highest BCUT2D eigenvalue weighted by Crippen LogP contribution is 2.40. The molecular weight excluding hydrogens is 538 g/mol. The number of alkyl halides is 3. The number of rotatable bonds is 6. The van der Waals surface area contributed by atoms with Crippen molar-refractivity contribution in [1.82, 2.24) is 14.9 Å². The lowest BCUT2D eigenvalue weighted by atomic mass is 10.0. The number of hydrogen-bond donors (Lipinski definition) is 1. The smallest absolute Gasteiger partial charge is 0.418 e. The van der Waals surface area contributed by atoms with Gasteiger partial charge < -0.3 is 9.64 Å². The minimum Gasteiger partial charge on any atom is -0.496 e. The van der Waals surface area contributed by atoms with Crippen LogP contribution in [0.2, 0.25) is 0 Å². The first-order valence-electron chi connectivity index (χ1n) is 12.1. The highest BCUT2D eigenvalue weighted by Gasteiger charge is 2.36. The lowest BCUT2D eigenvalue weighted by Gasteiger charge is -2.42. The van der Waals surface area contributed by atoms with Gasteiger partial charge in [0.1, 0.15) is 23.2 Å². The Morgan fingerprint density at radius 3 is 2.26 bits per heavy atom. The van der Waals surface area contributed by atoms with Gasteiger partial charge in [0.2, 0.25) is 0 Å². The van der Waals surface area contributed by atoms with Crippen molar-refractivity contribution in [1.29, 1.82) is 0 Å². The molecule has 1 saturated heterocycles. The number of halogens is 4. The average molecular weight is 568 g/mol. The molecule has 0 unspecified atom stereocenters. The van der Waals surface area contributed by atoms with Crippen LogP contribution in [0.5, 0.6) is 5.75 Å². The largest absolute Gasteiger partial charge is 0.496 e. The van der Waals surface area contributed by atoms with E-state index >= 15 is 0 Å². The summed E-state index contributed by atoms with van der Waals surface area (Å²) in [5.41, 5.74) is -2.13. The van der Waals surface area contributed by atoms with Crippen molar-refractivity contribution in [3.8, 4) is 17.0 Å². The van der Waals surface area contributed by atoms with E-state index in [0.29, 0.717) is 25.0 Å². The zero-order valence-electron chi connectivity index (χ0n) is 21.9. The van der Waals surface area contributed by atoms with Gasteiger partial charge in [-0.1, -0.05) is 6.07 Å². The molecule has 1 N–H and O–H groups in total. The molecular formula is C26H29F4N5O3S. The van der Waals surface area contributed by atoms with E-state index in [4.69, 9.17) is 4.74 Å². The van der Waals surface area contributed by atoms with Crippen molar-refractivity contribution in [3.63, 3.8) is 0 Å². The number of aromatic nitrogens is 2. The van der Waals surface area contributed by atoms with E-state index in [1.165, 1.54) is 19.2 Å². The number of sulfonamides is 1. The van der Waals surface area contributed by atoms with Crippen LogP contribution >= 0.6 is 0 Å². The molecule has 13 heteroatoms. The fraction of sp³-hybridized carbons (Fsp3) is 0.385. The number of anilines is 2. The first-order valence-corrected chi connectivity index (χ1v) is 13.6. The zero-order valence-corrected chi connectivity index (χ0v) is 22.7. The van der Waals surface area contributed by atoms with E-state index in [2.05, 4.69) is 40.4 Å². The maximum atomic E-state index is 14.0. The van der Waals surface area contributed by atoms with Gasteiger partial charge in [0.05, 0.1) is 18.4 Å². The third kappa shape index (κ3) is 6.41. The number of nitrogens with one attached hydrogen (secondary N) is 1. The molecule has 0 saturated carbocycles. The number of benzene rings is 1. The third-order valence-electron chi connectivity index (χ3n) is 6.39. The SMILES string of the molecule is COc1ccc(F)cc1-c1nc(NS(=O)(=O)c2cccc(N3CCN(C(C)(C)C)CC3)n2)ccc1C(F)(F)F. The summed E-state index contributed by atoms with van der Waals surface area (Å²) in [4.78, 5) is 12.5. The van der Waals surface area contributed by atoms with Gasteiger partial charge in [0.25, 0.3) is 10.0 Å². The summed E-state index contributed by atoms with van der Waals surface area (Å²) in [7, 11) is -3.11. The van der Waals surface area contributed by atoms with Gasteiger partial charge in [-0.25, -0.2) is 14.4 Å². The van der Waals surface area contributed by atoms with Gasteiger partial charge in [-0.3, -0.25) is 9.62 Å². The van der Waals surface area contributed by atoms with Crippen molar-refractivity contribution in [2.45, 2.75) is 37.5 Å². The highest BCUT2D eigenvalue weighted by atomic mass is 32.2. The van der Waals surface area contributed by atoms with E-state index in [1.54, 1.807) is 12.1 Å². The number of hydrogen-bond acceptors (Lipinski definition) is 7. The minimum absolute atomic E-state index is 0.0116. The zero-order chi connectivity index (χ0) is 28.6. The van der Waals surface area contributed by atoms with E-state index < -0.39 is 39.1 Å². The fourth-order valence-electron chi connectivity index (χ4n) is 4.34. The highest BCUT2D eigenvalue weighted by molar-refractivity contribution is 7.92. The third-order valence-corrected chi connectivity index (χ3v) is 7.65. The van der Waals surface area contributed by atoms with Crippen molar-refractivity contribution < 1.29 is 30.7 Å². The van der Waals surface area contributed by atoms with Crippen molar-refractivity contribution in [3.05, 3.63) is 59.9 Å². The molecule has 1 aliphatic heterocycles. The van der Waals surface area contributed by atoms with Gasteiger partial charge in [-0.2, -0.15) is 21.6 Å². The summed E-state index contributed by atoms with van der Waals surface area (Å²) in [6.07, 6.45) is -4.84. The summed E-state index contributed by atoms with van der Waals surface area (Å²) in [5.74, 6) is -0.793. The average Bonchev–Trinajstić information content (AvgIpc) is 2.87. The molecule has 0 radical (unpaired) electrons. The second kappa shape index (κ2) is 10.6. The minimum atomic E-state index is -4.84. The standard InChI is InChI=1S/C26H29F4N5O3S/c1-25(2,3)35-14-12-34(13-15-35)22-6-5-7-23(32-22)39(36,37)33-21-11-9-19(26(28,29)30)24(31-21)18-16-17(27)8-10-20(18)38-4/h5-11,16H,12-15H2,1-4H3,(H,31,33). The Labute approximate surface area is 224 Å². The van der Waals surface area contributed by atoms with Crippen LogP contribution in [0.15, 0.2) is 53.6 Å². The number of nitrogens with zero attached hydrogens (tertiary/aromatic N) is 4. The van der Waals surface area contributed by atoms with Crippen LogP contribution < -0.4 is 14.4 Å². The lowest BCUT2D eigenvalue weighted by Crippen LogP contribution is -2.53. The Morgan fingerprint density at radius 1 is 0.949 bits per heavy atom. The van der Waals surface area contributed by atoms with E-state index in [-0.39, 0.29) is 21.9 Å². The number of ether oxygens (including phenoxy) is 1. The van der Waals surface area contributed by atoms with Crippen molar-refractivity contribution in [2.75, 3.05) is 42.9 Å². The van der Waals surface area contributed by atoms with Gasteiger partial charge in [-0.05, 0) is 63.2 Å². The van der Waals surface area contributed by atoms with Gasteiger partial charge in [0.15, 0.2) is 5.03 Å². The van der Waals surface area contributed by atoms with Crippen LogP contribution in [0.4, 0.5) is 29.2 Å². The Balaban J connectivity index is 1.64. The maximum Gasteiger partial charge on any atom is 0.418 e. The Bertz CT molecular complexity index is 1450. The lowest BCUT2D eigenvalue weighted by molar-refractivity contribution is -0.137. The van der Waals surface area contributed by atoms with Crippen LogP contribution in [0.25, 0.3) is 11.3 Å². The van der Waals surface area contributed by atoms with Crippen molar-refractivity contribution in [2.24, 2.45) is 0 Å². The summed E-state index contributed by atoms with van der Waals surface area (Å²) >= 11 is 0. The topological polar surface area (TPSA) is 87.7 Å². The maximum absolute atomic E-state index is 14.0. The summed E-state index contributed by atoms with van der Waals surface area (Å²) < 4.78 is 89.0. The second-order valence-electron chi connectivity index (χ2n) is 10.0. The molecule has 210 valence electrons. The molecule has 1 aromatic carbocycles. The molecule has 0 spiro atoms. The van der Waals surface area contributed by atoms with E-state index in [9.17, 15) is 26.0 Å². The summed E-state index contributed by atoms with van der Waals surface area (Å²) in [6.45, 7) is 9.26. The van der Waals surface area contributed by atoms with Gasteiger partial charge in [0, 0.05) is 37.3 Å². The van der Waals surface area contributed by atoms with Crippen LogP contribution in [-0.4, -0.2) is 62.1 Å². The fourth-order valence-corrected chi connectivity index (χ4v) is 5.31. The number of methoxy groups -OCH3 is 1. The Hall–Kier alpha value is -3.45. The van der Waals surface area contributed by atoms with E-state index in [1.807, 2.05) is 4.90 Å². The Morgan fingerprint density at radius 2 is 1.64 bits per heavy atom. The summed E-state index contributed by atoms with van der Waals surface area (Å²) in [6, 6.07) is 9.17. The van der Waals surface area contributed by atoms with Crippen LogP contribution in [0.1, 0.15) is 26.3 Å². The first-order chi connectivity index (χ1) is 18.2. The van der Waals surface area contributed by atoms with Crippen molar-refractivity contribution >= 4 is 21.7 Å². The van der Waals surface area contributed by atoms with Crippen LogP contribution in [0.3, 0.4) is 0 Å². The first kappa shape index (κ1) is 28.6. The van der Waals surface area contributed by atoms with Crippen LogP contribution in [0, 0.1) is 5.82 Å². The number of piperazine rings is 1. The molecule has 0 atom stereocenters. The van der Waals surface area contributed by atoms with Crippen LogP contribution in [-0.2, 0) is 16.2 Å². The molecule has 3 heterocycles. The molecule has 4 rings (SSSR count).